The molecule has 1 saturated heterocycles. The average Bonchev–Trinajstić information content (AvgIpc) is 2.28. The molecule has 5 heteroatoms. The summed E-state index contributed by atoms with van der Waals surface area (Å²) >= 11 is 3.33. The number of hydrogen-bond donors (Lipinski definition) is 0. The zero-order valence-electron chi connectivity index (χ0n) is 9.31. The number of ether oxygens (including phenoxy) is 1. The quantitative estimate of drug-likeness (QED) is 0.838. The number of nitriles is 1. The van der Waals surface area contributed by atoms with Crippen molar-refractivity contribution in [3.63, 3.8) is 0 Å². The van der Waals surface area contributed by atoms with E-state index in [0.29, 0.717) is 0 Å². The number of rotatable bonds is 2. The van der Waals surface area contributed by atoms with Crippen LogP contribution in [-0.2, 0) is 9.53 Å². The molecule has 0 atom stereocenters. The monoisotopic (exact) mass is 294 g/mol. The average molecular weight is 295 g/mol. The second kappa shape index (κ2) is 4.47. The Kier molecular flexibility index (Phi) is 3.18. The molecule has 0 radical (unpaired) electrons. The van der Waals surface area contributed by atoms with Gasteiger partial charge in [0.15, 0.2) is 5.41 Å². The Bertz CT molecular complexity index is 474. The smallest absolute Gasteiger partial charge is 0.252 e. The first kappa shape index (κ1) is 12.1. The van der Waals surface area contributed by atoms with Gasteiger partial charge >= 0.3 is 0 Å². The summed E-state index contributed by atoms with van der Waals surface area (Å²) in [6.45, 7) is 0.367. The van der Waals surface area contributed by atoms with Gasteiger partial charge in [-0.15, -0.1) is 0 Å². The van der Waals surface area contributed by atoms with Crippen molar-refractivity contribution in [2.24, 2.45) is 5.41 Å². The Morgan fingerprint density at radius 3 is 2.47 bits per heavy atom. The van der Waals surface area contributed by atoms with Crippen molar-refractivity contribution in [1.82, 2.24) is 0 Å². The molecule has 1 aromatic rings. The maximum atomic E-state index is 12.2. The van der Waals surface area contributed by atoms with Crippen LogP contribution in [0.25, 0.3) is 0 Å². The number of amides is 1. The number of carbonyl (C=O) groups is 1. The van der Waals surface area contributed by atoms with E-state index >= 15 is 0 Å². The molecule has 0 N–H and O–H groups in total. The molecular formula is C12H11BrN2O2. The summed E-state index contributed by atoms with van der Waals surface area (Å²) in [5.41, 5.74) is -0.235. The van der Waals surface area contributed by atoms with Gasteiger partial charge in [0.2, 0.25) is 0 Å². The Hall–Kier alpha value is -1.38. The third-order valence-corrected chi connectivity index (χ3v) is 3.37. The van der Waals surface area contributed by atoms with E-state index in [9.17, 15) is 4.79 Å². The van der Waals surface area contributed by atoms with Crippen molar-refractivity contribution in [1.29, 1.82) is 5.26 Å². The SMILES string of the molecule is CN(C(=O)C1(C#N)COC1)c1ccc(Br)cc1. The lowest BCUT2D eigenvalue weighted by molar-refractivity contribution is -0.146. The third-order valence-electron chi connectivity index (χ3n) is 2.84. The fourth-order valence-electron chi connectivity index (χ4n) is 1.65. The van der Waals surface area contributed by atoms with E-state index < -0.39 is 5.41 Å². The molecule has 1 amide bonds. The maximum Gasteiger partial charge on any atom is 0.252 e. The van der Waals surface area contributed by atoms with Gasteiger partial charge in [0.1, 0.15) is 0 Å². The van der Waals surface area contributed by atoms with Crippen LogP contribution in [0.5, 0.6) is 0 Å². The second-order valence-corrected chi connectivity index (χ2v) is 4.94. The van der Waals surface area contributed by atoms with E-state index in [0.717, 1.165) is 10.2 Å². The molecule has 88 valence electrons. The first-order valence-electron chi connectivity index (χ1n) is 5.12. The van der Waals surface area contributed by atoms with E-state index in [-0.39, 0.29) is 19.1 Å². The van der Waals surface area contributed by atoms with Crippen LogP contribution in [0.15, 0.2) is 28.7 Å². The summed E-state index contributed by atoms with van der Waals surface area (Å²) in [6, 6.07) is 9.42. The highest BCUT2D eigenvalue weighted by Gasteiger charge is 2.48. The van der Waals surface area contributed by atoms with Crippen molar-refractivity contribution in [2.45, 2.75) is 0 Å². The van der Waals surface area contributed by atoms with Gasteiger partial charge in [0.05, 0.1) is 19.3 Å². The van der Waals surface area contributed by atoms with Crippen LogP contribution in [0.1, 0.15) is 0 Å². The molecule has 0 aromatic heterocycles. The summed E-state index contributed by atoms with van der Waals surface area (Å²) in [4.78, 5) is 13.7. The molecule has 1 aliphatic rings. The first-order chi connectivity index (χ1) is 8.09. The minimum absolute atomic E-state index is 0.184. The lowest BCUT2D eigenvalue weighted by Gasteiger charge is -2.36. The fraction of sp³-hybridized carbons (Fsp3) is 0.333. The predicted octanol–water partition coefficient (Wildman–Crippen LogP) is 1.95. The summed E-state index contributed by atoms with van der Waals surface area (Å²) in [6.07, 6.45) is 0. The number of halogens is 1. The highest BCUT2D eigenvalue weighted by molar-refractivity contribution is 9.10. The molecule has 0 bridgehead atoms. The molecule has 1 aliphatic heterocycles. The largest absolute Gasteiger partial charge is 0.377 e. The van der Waals surface area contributed by atoms with E-state index in [1.54, 1.807) is 7.05 Å². The number of hydrogen-bond acceptors (Lipinski definition) is 3. The normalized spacial score (nSPS) is 16.8. The lowest BCUT2D eigenvalue weighted by Crippen LogP contribution is -2.53. The van der Waals surface area contributed by atoms with Gasteiger partial charge in [-0.25, -0.2) is 0 Å². The topological polar surface area (TPSA) is 53.3 Å². The highest BCUT2D eigenvalue weighted by Crippen LogP contribution is 2.30. The standard InChI is InChI=1S/C12H11BrN2O2/c1-15(10-4-2-9(13)3-5-10)11(16)12(6-14)7-17-8-12/h2-5H,7-8H2,1H3. The van der Waals surface area contributed by atoms with Crippen LogP contribution in [-0.4, -0.2) is 26.2 Å². The summed E-state index contributed by atoms with van der Waals surface area (Å²) < 4.78 is 5.93. The molecule has 0 spiro atoms. The molecule has 4 nitrogen and oxygen atoms in total. The zero-order chi connectivity index (χ0) is 12.5. The maximum absolute atomic E-state index is 12.2. The molecule has 1 aromatic carbocycles. The Balaban J connectivity index is 2.20. The molecular weight excluding hydrogens is 284 g/mol. The highest BCUT2D eigenvalue weighted by atomic mass is 79.9. The molecule has 2 rings (SSSR count). The third kappa shape index (κ3) is 2.06. The van der Waals surface area contributed by atoms with Crippen molar-refractivity contribution in [3.8, 4) is 6.07 Å². The second-order valence-electron chi connectivity index (χ2n) is 4.03. The van der Waals surface area contributed by atoms with Gasteiger partial charge < -0.3 is 9.64 Å². The lowest BCUT2D eigenvalue weighted by atomic mass is 9.86. The van der Waals surface area contributed by atoms with E-state index in [2.05, 4.69) is 22.0 Å². The van der Waals surface area contributed by atoms with Crippen LogP contribution < -0.4 is 4.90 Å². The van der Waals surface area contributed by atoms with Crippen LogP contribution in [0.3, 0.4) is 0 Å². The van der Waals surface area contributed by atoms with E-state index in [4.69, 9.17) is 10.00 Å². The summed E-state index contributed by atoms with van der Waals surface area (Å²) in [5, 5.41) is 9.06. The number of anilines is 1. The number of benzene rings is 1. The molecule has 0 saturated carbocycles. The van der Waals surface area contributed by atoms with Gasteiger partial charge in [-0.05, 0) is 24.3 Å². The number of carbonyl (C=O) groups excluding carboxylic acids is 1. The van der Waals surface area contributed by atoms with Crippen molar-refractivity contribution in [2.75, 3.05) is 25.2 Å². The van der Waals surface area contributed by atoms with Crippen molar-refractivity contribution in [3.05, 3.63) is 28.7 Å². The minimum Gasteiger partial charge on any atom is -0.377 e. The Labute approximate surface area is 108 Å². The molecule has 1 heterocycles. The molecule has 0 aliphatic carbocycles. The molecule has 17 heavy (non-hydrogen) atoms. The zero-order valence-corrected chi connectivity index (χ0v) is 10.9. The minimum atomic E-state index is -0.998. The van der Waals surface area contributed by atoms with Crippen LogP contribution in [0.2, 0.25) is 0 Å². The summed E-state index contributed by atoms with van der Waals surface area (Å²) in [7, 11) is 1.67. The Morgan fingerprint density at radius 1 is 1.47 bits per heavy atom. The van der Waals surface area contributed by atoms with Crippen LogP contribution in [0, 0.1) is 16.7 Å². The van der Waals surface area contributed by atoms with Gasteiger partial charge in [-0.3, -0.25) is 4.79 Å². The van der Waals surface area contributed by atoms with Crippen molar-refractivity contribution >= 4 is 27.5 Å². The van der Waals surface area contributed by atoms with E-state index in [1.807, 2.05) is 24.3 Å². The fourth-order valence-corrected chi connectivity index (χ4v) is 1.91. The van der Waals surface area contributed by atoms with E-state index in [1.165, 1.54) is 4.90 Å². The van der Waals surface area contributed by atoms with Crippen LogP contribution in [0.4, 0.5) is 5.69 Å². The van der Waals surface area contributed by atoms with Gasteiger partial charge in [0.25, 0.3) is 5.91 Å². The predicted molar refractivity (Wildman–Crippen MR) is 66.4 cm³/mol. The van der Waals surface area contributed by atoms with Gasteiger partial charge in [-0.1, -0.05) is 15.9 Å². The summed E-state index contributed by atoms with van der Waals surface area (Å²) in [5.74, 6) is -0.214. The molecule has 1 fully saturated rings. The Morgan fingerprint density at radius 2 is 2.06 bits per heavy atom. The van der Waals surface area contributed by atoms with Gasteiger partial charge in [0, 0.05) is 17.2 Å². The van der Waals surface area contributed by atoms with Gasteiger partial charge in [-0.2, -0.15) is 5.26 Å². The first-order valence-corrected chi connectivity index (χ1v) is 5.91. The van der Waals surface area contributed by atoms with Crippen molar-refractivity contribution < 1.29 is 9.53 Å². The van der Waals surface area contributed by atoms with Crippen LogP contribution >= 0.6 is 15.9 Å². The number of nitrogens with zero attached hydrogens (tertiary/aromatic N) is 2. The molecule has 0 unspecified atom stereocenters.